The van der Waals surface area contributed by atoms with Crippen molar-refractivity contribution >= 4 is 22.7 Å². The third-order valence-corrected chi connectivity index (χ3v) is 4.21. The predicted molar refractivity (Wildman–Crippen MR) is 89.7 cm³/mol. The fourth-order valence-corrected chi connectivity index (χ4v) is 2.69. The van der Waals surface area contributed by atoms with E-state index in [-0.39, 0.29) is 11.9 Å². The smallest absolute Gasteiger partial charge is 0.274 e. The molecule has 1 amide bonds. The molecule has 0 radical (unpaired) electrons. The maximum Gasteiger partial charge on any atom is 0.274 e. The summed E-state index contributed by atoms with van der Waals surface area (Å²) < 4.78 is 7.59. The summed E-state index contributed by atoms with van der Waals surface area (Å²) in [4.78, 5) is 22.8. The van der Waals surface area contributed by atoms with Gasteiger partial charge < -0.3 is 9.32 Å². The molecular formula is C18H16N4O2. The SMILES string of the molecule is C[C@@H](c1cc2ccccc2o1)N(C)C(=O)c1cn2cccnc2n1. The Morgan fingerprint density at radius 3 is 2.92 bits per heavy atom. The summed E-state index contributed by atoms with van der Waals surface area (Å²) in [5.41, 5.74) is 1.18. The third-order valence-electron chi connectivity index (χ3n) is 4.21. The molecule has 6 nitrogen and oxygen atoms in total. The fraction of sp³-hybridized carbons (Fsp3) is 0.167. The molecule has 0 saturated carbocycles. The zero-order valence-electron chi connectivity index (χ0n) is 13.4. The van der Waals surface area contributed by atoms with Crippen LogP contribution in [0.25, 0.3) is 16.7 Å². The average Bonchev–Trinajstić information content (AvgIpc) is 3.23. The van der Waals surface area contributed by atoms with E-state index in [1.165, 1.54) is 0 Å². The van der Waals surface area contributed by atoms with E-state index in [1.807, 2.05) is 43.5 Å². The minimum absolute atomic E-state index is 0.173. The van der Waals surface area contributed by atoms with Gasteiger partial charge in [0.2, 0.25) is 5.78 Å². The van der Waals surface area contributed by atoms with Gasteiger partial charge in [0.1, 0.15) is 17.0 Å². The van der Waals surface area contributed by atoms with E-state index < -0.39 is 0 Å². The summed E-state index contributed by atoms with van der Waals surface area (Å²) in [6, 6.07) is 11.4. The molecule has 120 valence electrons. The molecule has 6 heteroatoms. The van der Waals surface area contributed by atoms with Crippen molar-refractivity contribution in [2.75, 3.05) is 7.05 Å². The molecule has 0 unspecified atom stereocenters. The van der Waals surface area contributed by atoms with Gasteiger partial charge in [0, 0.05) is 31.0 Å². The number of furan rings is 1. The van der Waals surface area contributed by atoms with Gasteiger partial charge in [0.25, 0.3) is 5.91 Å². The van der Waals surface area contributed by atoms with Crippen LogP contribution in [0.4, 0.5) is 0 Å². The van der Waals surface area contributed by atoms with Crippen LogP contribution in [0.15, 0.2) is 59.4 Å². The Morgan fingerprint density at radius 1 is 1.29 bits per heavy atom. The lowest BCUT2D eigenvalue weighted by molar-refractivity contribution is 0.0722. The maximum absolute atomic E-state index is 12.7. The topological polar surface area (TPSA) is 63.6 Å². The van der Waals surface area contributed by atoms with Gasteiger partial charge in [-0.2, -0.15) is 0 Å². The lowest BCUT2D eigenvalue weighted by Crippen LogP contribution is -2.29. The highest BCUT2D eigenvalue weighted by molar-refractivity contribution is 5.93. The summed E-state index contributed by atoms with van der Waals surface area (Å²) in [5, 5.41) is 1.03. The van der Waals surface area contributed by atoms with Crippen LogP contribution in [0.2, 0.25) is 0 Å². The first-order valence-corrected chi connectivity index (χ1v) is 7.69. The van der Waals surface area contributed by atoms with Gasteiger partial charge in [-0.3, -0.25) is 9.20 Å². The summed E-state index contributed by atoms with van der Waals surface area (Å²) in [5.74, 6) is 1.08. The second-order valence-electron chi connectivity index (χ2n) is 5.73. The summed E-state index contributed by atoms with van der Waals surface area (Å²) in [6.45, 7) is 1.93. The number of benzene rings is 1. The minimum atomic E-state index is -0.206. The first-order chi connectivity index (χ1) is 11.6. The normalized spacial score (nSPS) is 12.6. The van der Waals surface area contributed by atoms with Crippen molar-refractivity contribution in [3.05, 3.63) is 66.4 Å². The van der Waals surface area contributed by atoms with E-state index in [0.717, 1.165) is 16.7 Å². The van der Waals surface area contributed by atoms with E-state index in [4.69, 9.17) is 4.42 Å². The maximum atomic E-state index is 12.7. The molecule has 0 N–H and O–H groups in total. The van der Waals surface area contributed by atoms with Gasteiger partial charge in [0.05, 0.1) is 6.04 Å². The largest absolute Gasteiger partial charge is 0.459 e. The lowest BCUT2D eigenvalue weighted by Gasteiger charge is -2.22. The van der Waals surface area contributed by atoms with Crippen molar-refractivity contribution in [2.45, 2.75) is 13.0 Å². The molecule has 3 heterocycles. The van der Waals surface area contributed by atoms with Crippen molar-refractivity contribution in [2.24, 2.45) is 0 Å². The number of rotatable bonds is 3. The van der Waals surface area contributed by atoms with Crippen LogP contribution in [0.5, 0.6) is 0 Å². The number of fused-ring (bicyclic) bond motifs is 2. The quantitative estimate of drug-likeness (QED) is 0.581. The second-order valence-corrected chi connectivity index (χ2v) is 5.73. The third kappa shape index (κ3) is 2.32. The van der Waals surface area contributed by atoms with Crippen molar-refractivity contribution in [3.8, 4) is 0 Å². The molecule has 0 aliphatic rings. The molecule has 0 aliphatic heterocycles. The summed E-state index contributed by atoms with van der Waals surface area (Å²) >= 11 is 0. The van der Waals surface area contributed by atoms with Crippen molar-refractivity contribution in [1.82, 2.24) is 19.3 Å². The molecule has 0 spiro atoms. The number of hydrogen-bond acceptors (Lipinski definition) is 4. The van der Waals surface area contributed by atoms with Crippen molar-refractivity contribution in [1.29, 1.82) is 0 Å². The average molecular weight is 320 g/mol. The molecule has 1 atom stereocenters. The van der Waals surface area contributed by atoms with E-state index in [0.29, 0.717) is 11.5 Å². The Morgan fingerprint density at radius 2 is 2.12 bits per heavy atom. The molecule has 24 heavy (non-hydrogen) atoms. The Hall–Kier alpha value is -3.15. The molecule has 4 aromatic rings. The number of carbonyl (C=O) groups excluding carboxylic acids is 1. The van der Waals surface area contributed by atoms with Gasteiger partial charge in [0.15, 0.2) is 0 Å². The number of imidazole rings is 1. The highest BCUT2D eigenvalue weighted by Gasteiger charge is 2.23. The number of hydrogen-bond donors (Lipinski definition) is 0. The van der Waals surface area contributed by atoms with E-state index in [2.05, 4.69) is 9.97 Å². The van der Waals surface area contributed by atoms with Gasteiger partial charge in [-0.25, -0.2) is 9.97 Å². The Labute approximate surface area is 138 Å². The first-order valence-electron chi connectivity index (χ1n) is 7.69. The second kappa shape index (κ2) is 5.49. The molecule has 0 fully saturated rings. The fourth-order valence-electron chi connectivity index (χ4n) is 2.69. The van der Waals surface area contributed by atoms with E-state index in [9.17, 15) is 4.79 Å². The number of carbonyl (C=O) groups is 1. The van der Waals surface area contributed by atoms with Crippen LogP contribution < -0.4 is 0 Å². The van der Waals surface area contributed by atoms with Gasteiger partial charge in [-0.05, 0) is 25.1 Å². The van der Waals surface area contributed by atoms with Gasteiger partial charge in [-0.1, -0.05) is 18.2 Å². The molecule has 1 aromatic carbocycles. The summed E-state index contributed by atoms with van der Waals surface area (Å²) in [6.07, 6.45) is 5.15. The molecule has 0 aliphatic carbocycles. The molecule has 4 rings (SSSR count). The van der Waals surface area contributed by atoms with E-state index in [1.54, 1.807) is 34.8 Å². The van der Waals surface area contributed by atoms with Crippen molar-refractivity contribution in [3.63, 3.8) is 0 Å². The van der Waals surface area contributed by atoms with Crippen molar-refractivity contribution < 1.29 is 9.21 Å². The van der Waals surface area contributed by atoms with Gasteiger partial charge >= 0.3 is 0 Å². The number of amides is 1. The van der Waals surface area contributed by atoms with E-state index >= 15 is 0 Å². The van der Waals surface area contributed by atoms with Crippen LogP contribution in [-0.4, -0.2) is 32.2 Å². The molecular weight excluding hydrogens is 304 g/mol. The Bertz CT molecular complexity index is 968. The highest BCUT2D eigenvalue weighted by Crippen LogP contribution is 2.27. The highest BCUT2D eigenvalue weighted by atomic mass is 16.3. The van der Waals surface area contributed by atoms with Gasteiger partial charge in [-0.15, -0.1) is 0 Å². The number of para-hydroxylation sites is 1. The lowest BCUT2D eigenvalue weighted by atomic mass is 10.2. The minimum Gasteiger partial charge on any atom is -0.459 e. The molecule has 0 saturated heterocycles. The molecule has 3 aromatic heterocycles. The number of nitrogens with zero attached hydrogens (tertiary/aromatic N) is 4. The van der Waals surface area contributed by atoms with Crippen LogP contribution in [0.3, 0.4) is 0 Å². The zero-order chi connectivity index (χ0) is 16.7. The standard InChI is InChI=1S/C18H16N4O2/c1-12(16-10-13-6-3-4-7-15(13)24-16)21(2)17(23)14-11-22-9-5-8-19-18(22)20-14/h3-12H,1-2H3/t12-/m0/s1. The zero-order valence-corrected chi connectivity index (χ0v) is 13.4. The van der Waals surface area contributed by atoms with Crippen LogP contribution in [0.1, 0.15) is 29.2 Å². The summed E-state index contributed by atoms with van der Waals surface area (Å²) in [7, 11) is 1.75. The van der Waals surface area contributed by atoms with Crippen LogP contribution in [0, 0.1) is 0 Å². The first kappa shape index (κ1) is 14.4. The predicted octanol–water partition coefficient (Wildman–Crippen LogP) is 3.31. The molecule has 0 bridgehead atoms. The number of aromatic nitrogens is 3. The Kier molecular flexibility index (Phi) is 3.30. The van der Waals surface area contributed by atoms with Crippen LogP contribution >= 0.6 is 0 Å². The monoisotopic (exact) mass is 320 g/mol. The Balaban J connectivity index is 1.63. The van der Waals surface area contributed by atoms with Crippen LogP contribution in [-0.2, 0) is 0 Å².